The first-order chi connectivity index (χ1) is 11.0. The Labute approximate surface area is 140 Å². The van der Waals surface area contributed by atoms with Crippen molar-refractivity contribution in [2.75, 3.05) is 29.1 Å². The number of pyridine rings is 1. The van der Waals surface area contributed by atoms with Crippen LogP contribution in [0.3, 0.4) is 0 Å². The summed E-state index contributed by atoms with van der Waals surface area (Å²) in [5, 5.41) is 2.74. The van der Waals surface area contributed by atoms with Gasteiger partial charge in [0.05, 0.1) is 5.69 Å². The molecule has 1 aliphatic heterocycles. The van der Waals surface area contributed by atoms with Gasteiger partial charge in [-0.3, -0.25) is 14.5 Å². The number of carbonyl (C=O) groups excluding carboxylic acids is 2. The maximum Gasteiger partial charge on any atom is 0.266 e. The van der Waals surface area contributed by atoms with Crippen LogP contribution in [0.15, 0.2) is 40.9 Å². The summed E-state index contributed by atoms with van der Waals surface area (Å²) in [4.78, 5) is 29.7. The average molecular weight is 377 g/mol. The lowest BCUT2D eigenvalue weighted by atomic mass is 10.3. The van der Waals surface area contributed by atoms with E-state index >= 15 is 0 Å². The van der Waals surface area contributed by atoms with E-state index in [1.54, 1.807) is 24.3 Å². The molecule has 0 saturated heterocycles. The largest absolute Gasteiger partial charge is 0.480 e. The molecule has 2 amide bonds. The van der Waals surface area contributed by atoms with E-state index in [1.807, 2.05) is 12.1 Å². The van der Waals surface area contributed by atoms with Gasteiger partial charge in [0.15, 0.2) is 18.2 Å². The van der Waals surface area contributed by atoms with Gasteiger partial charge >= 0.3 is 0 Å². The predicted octanol–water partition coefficient (Wildman–Crippen LogP) is 1.79. The first kappa shape index (κ1) is 15.3. The molecule has 0 atom stereocenters. The van der Waals surface area contributed by atoms with E-state index in [0.29, 0.717) is 11.4 Å². The summed E-state index contributed by atoms with van der Waals surface area (Å²) in [7, 11) is 0. The standard InChI is InChI=1S/C15H13BrN4O3/c16-9-3-1-2-4-10(9)18-13(21)7-20-14(22)8-23-11-5-6-12(17)19-15(11)20/h1-6H,7-8H2,(H2,17,19)(H,18,21). The second kappa shape index (κ2) is 6.25. The molecule has 0 bridgehead atoms. The lowest BCUT2D eigenvalue weighted by Gasteiger charge is -2.27. The zero-order chi connectivity index (χ0) is 16.4. The topological polar surface area (TPSA) is 97.5 Å². The molecule has 3 rings (SSSR count). The summed E-state index contributed by atoms with van der Waals surface area (Å²) in [5.41, 5.74) is 6.28. The Hall–Kier alpha value is -2.61. The Balaban J connectivity index is 1.80. The van der Waals surface area contributed by atoms with Gasteiger partial charge in [-0.1, -0.05) is 12.1 Å². The highest BCUT2D eigenvalue weighted by Crippen LogP contribution is 2.30. The molecular weight excluding hydrogens is 364 g/mol. The molecule has 3 N–H and O–H groups in total. The third-order valence-electron chi connectivity index (χ3n) is 3.22. The van der Waals surface area contributed by atoms with Crippen LogP contribution in [0.2, 0.25) is 0 Å². The highest BCUT2D eigenvalue weighted by atomic mass is 79.9. The van der Waals surface area contributed by atoms with Crippen molar-refractivity contribution in [1.82, 2.24) is 4.98 Å². The highest BCUT2D eigenvalue weighted by Gasteiger charge is 2.29. The fraction of sp³-hybridized carbons (Fsp3) is 0.133. The summed E-state index contributed by atoms with van der Waals surface area (Å²) < 4.78 is 6.05. The minimum atomic E-state index is -0.349. The molecule has 8 heteroatoms. The second-order valence-electron chi connectivity index (χ2n) is 4.85. The lowest BCUT2D eigenvalue weighted by molar-refractivity contribution is -0.123. The van der Waals surface area contributed by atoms with Crippen LogP contribution in [-0.4, -0.2) is 29.9 Å². The van der Waals surface area contributed by atoms with Crippen molar-refractivity contribution in [1.29, 1.82) is 0 Å². The molecule has 1 aromatic heterocycles. The molecule has 0 spiro atoms. The first-order valence-electron chi connectivity index (χ1n) is 6.78. The van der Waals surface area contributed by atoms with E-state index in [4.69, 9.17) is 10.5 Å². The van der Waals surface area contributed by atoms with Crippen LogP contribution in [0.1, 0.15) is 0 Å². The summed E-state index contributed by atoms with van der Waals surface area (Å²) in [6.45, 7) is -0.312. The van der Waals surface area contributed by atoms with Crippen molar-refractivity contribution < 1.29 is 14.3 Å². The monoisotopic (exact) mass is 376 g/mol. The van der Waals surface area contributed by atoms with Crippen molar-refractivity contribution in [3.8, 4) is 5.75 Å². The van der Waals surface area contributed by atoms with E-state index in [-0.39, 0.29) is 36.6 Å². The maximum atomic E-state index is 12.2. The number of hydrogen-bond acceptors (Lipinski definition) is 5. The Bertz CT molecular complexity index is 781. The molecule has 7 nitrogen and oxygen atoms in total. The number of hydrogen-bond donors (Lipinski definition) is 2. The van der Waals surface area contributed by atoms with Gasteiger partial charge in [-0.2, -0.15) is 0 Å². The second-order valence-corrected chi connectivity index (χ2v) is 5.71. The molecule has 118 valence electrons. The van der Waals surface area contributed by atoms with Gasteiger partial charge in [-0.05, 0) is 40.2 Å². The van der Waals surface area contributed by atoms with Crippen molar-refractivity contribution in [3.05, 3.63) is 40.9 Å². The molecule has 0 radical (unpaired) electrons. The number of nitrogen functional groups attached to an aromatic ring is 1. The maximum absolute atomic E-state index is 12.2. The lowest BCUT2D eigenvalue weighted by Crippen LogP contribution is -2.44. The fourth-order valence-electron chi connectivity index (χ4n) is 2.15. The van der Waals surface area contributed by atoms with Crippen LogP contribution in [0, 0.1) is 0 Å². The van der Waals surface area contributed by atoms with E-state index in [0.717, 1.165) is 4.47 Å². The van der Waals surface area contributed by atoms with Crippen LogP contribution in [0.5, 0.6) is 5.75 Å². The van der Waals surface area contributed by atoms with E-state index < -0.39 is 0 Å². The fourth-order valence-corrected chi connectivity index (χ4v) is 2.53. The van der Waals surface area contributed by atoms with Crippen molar-refractivity contribution in [2.45, 2.75) is 0 Å². The zero-order valence-electron chi connectivity index (χ0n) is 12.0. The van der Waals surface area contributed by atoms with Gasteiger partial charge in [0.25, 0.3) is 5.91 Å². The number of anilines is 3. The zero-order valence-corrected chi connectivity index (χ0v) is 13.5. The number of carbonyl (C=O) groups is 2. The van der Waals surface area contributed by atoms with Crippen LogP contribution in [0.4, 0.5) is 17.3 Å². The summed E-state index contributed by atoms with van der Waals surface area (Å²) >= 11 is 3.35. The normalized spacial score (nSPS) is 13.3. The van der Waals surface area contributed by atoms with E-state index in [1.165, 1.54) is 4.90 Å². The van der Waals surface area contributed by atoms with E-state index in [9.17, 15) is 9.59 Å². The number of benzene rings is 1. The molecule has 2 aromatic rings. The Kier molecular flexibility index (Phi) is 4.16. The number of halogens is 1. The summed E-state index contributed by atoms with van der Waals surface area (Å²) in [6.07, 6.45) is 0. The average Bonchev–Trinajstić information content (AvgIpc) is 2.52. The molecule has 0 aliphatic carbocycles. The van der Waals surface area contributed by atoms with Gasteiger partial charge in [0, 0.05) is 4.47 Å². The molecular formula is C15H13BrN4O3. The van der Waals surface area contributed by atoms with Gasteiger partial charge in [-0.25, -0.2) is 4.98 Å². The smallest absolute Gasteiger partial charge is 0.266 e. The van der Waals surface area contributed by atoms with Gasteiger partial charge in [-0.15, -0.1) is 0 Å². The first-order valence-corrected chi connectivity index (χ1v) is 7.58. The SMILES string of the molecule is Nc1ccc2c(n1)N(CC(=O)Nc1ccccc1Br)C(=O)CO2. The minimum absolute atomic E-state index is 0.138. The number of ether oxygens (including phenoxy) is 1. The van der Waals surface area contributed by atoms with Crippen LogP contribution >= 0.6 is 15.9 Å². The molecule has 0 fully saturated rings. The number of nitrogens with two attached hydrogens (primary N) is 1. The Morgan fingerprint density at radius 2 is 2.13 bits per heavy atom. The third-order valence-corrected chi connectivity index (χ3v) is 3.91. The van der Waals surface area contributed by atoms with Gasteiger partial charge in [0.1, 0.15) is 12.4 Å². The van der Waals surface area contributed by atoms with E-state index in [2.05, 4.69) is 26.2 Å². The van der Waals surface area contributed by atoms with Crippen molar-refractivity contribution >= 4 is 45.1 Å². The molecule has 0 unspecified atom stereocenters. The number of nitrogens with zero attached hydrogens (tertiary/aromatic N) is 2. The van der Waals surface area contributed by atoms with Crippen molar-refractivity contribution in [2.24, 2.45) is 0 Å². The molecule has 1 aromatic carbocycles. The molecule has 2 heterocycles. The number of para-hydroxylation sites is 1. The Morgan fingerprint density at radius 1 is 1.35 bits per heavy atom. The number of aromatic nitrogens is 1. The van der Waals surface area contributed by atoms with Crippen LogP contribution in [0.25, 0.3) is 0 Å². The number of fused-ring (bicyclic) bond motifs is 1. The number of rotatable bonds is 3. The molecule has 1 aliphatic rings. The quantitative estimate of drug-likeness (QED) is 0.850. The van der Waals surface area contributed by atoms with Crippen LogP contribution < -0.4 is 20.7 Å². The minimum Gasteiger partial charge on any atom is -0.480 e. The van der Waals surface area contributed by atoms with Gasteiger partial charge < -0.3 is 15.8 Å². The predicted molar refractivity (Wildman–Crippen MR) is 89.3 cm³/mol. The Morgan fingerprint density at radius 3 is 2.91 bits per heavy atom. The van der Waals surface area contributed by atoms with Crippen LogP contribution in [-0.2, 0) is 9.59 Å². The summed E-state index contributed by atoms with van der Waals surface area (Å²) in [6, 6.07) is 10.4. The van der Waals surface area contributed by atoms with Gasteiger partial charge in [0.2, 0.25) is 5.91 Å². The highest BCUT2D eigenvalue weighted by molar-refractivity contribution is 9.10. The number of amides is 2. The summed E-state index contributed by atoms with van der Waals surface area (Å²) in [5.74, 6) is 0.231. The number of nitrogens with one attached hydrogen (secondary N) is 1. The third kappa shape index (κ3) is 3.26. The molecule has 23 heavy (non-hydrogen) atoms. The molecule has 0 saturated carbocycles. The van der Waals surface area contributed by atoms with Crippen molar-refractivity contribution in [3.63, 3.8) is 0 Å².